The summed E-state index contributed by atoms with van der Waals surface area (Å²) >= 11 is 0. The minimum Gasteiger partial charge on any atom is -0.368 e. The Balaban J connectivity index is 1.50. The number of hydrogen-bond acceptors (Lipinski definition) is 5. The van der Waals surface area contributed by atoms with Crippen LogP contribution in [0.5, 0.6) is 0 Å². The van der Waals surface area contributed by atoms with Gasteiger partial charge in [0.1, 0.15) is 17.5 Å². The molecule has 3 aromatic heterocycles. The van der Waals surface area contributed by atoms with Gasteiger partial charge in [0.25, 0.3) is 0 Å². The lowest BCUT2D eigenvalue weighted by Crippen LogP contribution is -2.22. The third kappa shape index (κ3) is 2.77. The van der Waals surface area contributed by atoms with E-state index in [0.29, 0.717) is 5.92 Å². The van der Waals surface area contributed by atoms with Crippen molar-refractivity contribution in [3.8, 4) is 5.82 Å². The van der Waals surface area contributed by atoms with Crippen LogP contribution in [0.2, 0.25) is 0 Å². The Morgan fingerprint density at radius 1 is 1.25 bits per heavy atom. The normalized spacial score (nSPS) is 16.8. The molecule has 4 rings (SSSR count). The molecule has 7 heteroatoms. The van der Waals surface area contributed by atoms with Crippen molar-refractivity contribution in [3.63, 3.8) is 0 Å². The minimum atomic E-state index is 0.410. The number of fused-ring (bicyclic) bond motifs is 1. The topological polar surface area (TPSA) is 73.5 Å². The van der Waals surface area contributed by atoms with Crippen LogP contribution in [0, 0.1) is 13.8 Å². The van der Waals surface area contributed by atoms with Gasteiger partial charge in [0, 0.05) is 37.6 Å². The molecule has 0 radical (unpaired) electrons. The average Bonchev–Trinajstić information content (AvgIpc) is 3.18. The standard InChI is InChI=1S/C17H21N7/c1-12-11-23-6-3-4-14(17(23)21-12)8-20-15-9-18-10-16(22-15)24-7-5-19-13(24)2/h5,7,9-11,14H,3-4,6,8H2,1-2H3,(H,20,22). The third-order valence-electron chi connectivity index (χ3n) is 4.47. The van der Waals surface area contributed by atoms with Gasteiger partial charge in [-0.05, 0) is 26.7 Å². The molecule has 0 aliphatic carbocycles. The maximum absolute atomic E-state index is 4.69. The first-order valence-electron chi connectivity index (χ1n) is 8.30. The van der Waals surface area contributed by atoms with Crippen molar-refractivity contribution in [2.24, 2.45) is 0 Å². The van der Waals surface area contributed by atoms with Gasteiger partial charge in [-0.25, -0.2) is 15.0 Å². The first-order valence-corrected chi connectivity index (χ1v) is 8.30. The number of rotatable bonds is 4. The molecule has 0 bridgehead atoms. The first kappa shape index (κ1) is 14.9. The average molecular weight is 323 g/mol. The van der Waals surface area contributed by atoms with E-state index in [1.165, 1.54) is 12.2 Å². The molecule has 0 saturated carbocycles. The minimum absolute atomic E-state index is 0.410. The summed E-state index contributed by atoms with van der Waals surface area (Å²) in [4.78, 5) is 17.9. The van der Waals surface area contributed by atoms with Crippen molar-refractivity contribution in [1.29, 1.82) is 0 Å². The summed E-state index contributed by atoms with van der Waals surface area (Å²) < 4.78 is 4.21. The molecule has 1 aliphatic heterocycles. The molecular formula is C17H21N7. The monoisotopic (exact) mass is 323 g/mol. The number of aryl methyl sites for hydroxylation is 3. The molecule has 0 amide bonds. The lowest BCUT2D eigenvalue weighted by atomic mass is 9.99. The van der Waals surface area contributed by atoms with Gasteiger partial charge in [0.15, 0.2) is 5.82 Å². The van der Waals surface area contributed by atoms with Gasteiger partial charge in [-0.2, -0.15) is 0 Å². The zero-order chi connectivity index (χ0) is 16.5. The Hall–Kier alpha value is -2.70. The molecule has 1 unspecified atom stereocenters. The van der Waals surface area contributed by atoms with E-state index in [4.69, 9.17) is 0 Å². The highest BCUT2D eigenvalue weighted by molar-refractivity contribution is 5.37. The number of aromatic nitrogens is 6. The van der Waals surface area contributed by atoms with Crippen molar-refractivity contribution < 1.29 is 0 Å². The molecule has 0 saturated heterocycles. The molecule has 1 atom stereocenters. The summed E-state index contributed by atoms with van der Waals surface area (Å²) in [7, 11) is 0. The molecular weight excluding hydrogens is 302 g/mol. The summed E-state index contributed by atoms with van der Waals surface area (Å²) in [6.45, 7) is 5.89. The van der Waals surface area contributed by atoms with Gasteiger partial charge in [-0.3, -0.25) is 9.55 Å². The van der Waals surface area contributed by atoms with E-state index < -0.39 is 0 Å². The predicted octanol–water partition coefficient (Wildman–Crippen LogP) is 2.47. The predicted molar refractivity (Wildman–Crippen MR) is 91.3 cm³/mol. The molecule has 1 N–H and O–H groups in total. The van der Waals surface area contributed by atoms with Crippen molar-refractivity contribution in [3.05, 3.63) is 48.3 Å². The third-order valence-corrected chi connectivity index (χ3v) is 4.47. The quantitative estimate of drug-likeness (QED) is 0.798. The Bertz CT molecular complexity index is 848. The highest BCUT2D eigenvalue weighted by atomic mass is 15.2. The van der Waals surface area contributed by atoms with E-state index in [1.54, 1.807) is 18.6 Å². The van der Waals surface area contributed by atoms with Gasteiger partial charge in [0.05, 0.1) is 18.1 Å². The molecule has 24 heavy (non-hydrogen) atoms. The van der Waals surface area contributed by atoms with E-state index in [-0.39, 0.29) is 0 Å². The zero-order valence-electron chi connectivity index (χ0n) is 14.0. The second-order valence-corrected chi connectivity index (χ2v) is 6.26. The summed E-state index contributed by atoms with van der Waals surface area (Å²) in [5.74, 6) is 4.04. The largest absolute Gasteiger partial charge is 0.368 e. The fraction of sp³-hybridized carbons (Fsp3) is 0.412. The van der Waals surface area contributed by atoms with Crippen LogP contribution < -0.4 is 5.32 Å². The van der Waals surface area contributed by atoms with Crippen LogP contribution in [0.25, 0.3) is 5.82 Å². The molecule has 1 aliphatic rings. The van der Waals surface area contributed by atoms with E-state index in [9.17, 15) is 0 Å². The molecule has 4 heterocycles. The van der Waals surface area contributed by atoms with Crippen LogP contribution in [-0.2, 0) is 6.54 Å². The number of imidazole rings is 2. The molecule has 0 spiro atoms. The fourth-order valence-corrected chi connectivity index (χ4v) is 3.31. The summed E-state index contributed by atoms with van der Waals surface area (Å²) in [6.07, 6.45) is 11.6. The van der Waals surface area contributed by atoms with Crippen LogP contribution in [0.15, 0.2) is 31.0 Å². The van der Waals surface area contributed by atoms with Crippen LogP contribution in [0.4, 0.5) is 5.82 Å². The van der Waals surface area contributed by atoms with Gasteiger partial charge in [-0.1, -0.05) is 0 Å². The Labute approximate surface area is 140 Å². The second-order valence-electron chi connectivity index (χ2n) is 6.26. The van der Waals surface area contributed by atoms with Crippen LogP contribution >= 0.6 is 0 Å². The van der Waals surface area contributed by atoms with Gasteiger partial charge in [0.2, 0.25) is 0 Å². The molecule has 0 fully saturated rings. The highest BCUT2D eigenvalue weighted by Gasteiger charge is 2.22. The van der Waals surface area contributed by atoms with Crippen LogP contribution in [0.1, 0.15) is 36.1 Å². The molecule has 124 valence electrons. The molecule has 3 aromatic rings. The summed E-state index contributed by atoms with van der Waals surface area (Å²) in [5, 5.41) is 3.43. The van der Waals surface area contributed by atoms with Gasteiger partial charge < -0.3 is 9.88 Å². The van der Waals surface area contributed by atoms with E-state index in [2.05, 4.69) is 42.9 Å². The van der Waals surface area contributed by atoms with Crippen LogP contribution in [-0.4, -0.2) is 35.6 Å². The lowest BCUT2D eigenvalue weighted by Gasteiger charge is -2.23. The SMILES string of the molecule is Cc1cn2c(n1)C(CNc1cncc(-n3ccnc3C)n1)CCC2. The fourth-order valence-electron chi connectivity index (χ4n) is 3.31. The molecule has 0 aromatic carbocycles. The lowest BCUT2D eigenvalue weighted by molar-refractivity contribution is 0.453. The Morgan fingerprint density at radius 3 is 3.00 bits per heavy atom. The maximum Gasteiger partial charge on any atom is 0.159 e. The van der Waals surface area contributed by atoms with E-state index in [1.807, 2.05) is 17.7 Å². The summed E-state index contributed by atoms with van der Waals surface area (Å²) in [6, 6.07) is 0. The number of hydrogen-bond donors (Lipinski definition) is 1. The molecule has 7 nitrogen and oxygen atoms in total. The number of nitrogens with one attached hydrogen (secondary N) is 1. The number of nitrogens with zero attached hydrogens (tertiary/aromatic N) is 6. The van der Waals surface area contributed by atoms with Gasteiger partial charge in [-0.15, -0.1) is 0 Å². The Morgan fingerprint density at radius 2 is 2.17 bits per heavy atom. The van der Waals surface area contributed by atoms with Crippen molar-refractivity contribution >= 4 is 5.82 Å². The maximum atomic E-state index is 4.69. The van der Waals surface area contributed by atoms with E-state index in [0.717, 1.165) is 42.7 Å². The first-order chi connectivity index (χ1) is 11.7. The zero-order valence-corrected chi connectivity index (χ0v) is 14.0. The van der Waals surface area contributed by atoms with Crippen molar-refractivity contribution in [2.45, 2.75) is 39.2 Å². The second kappa shape index (κ2) is 6.07. The van der Waals surface area contributed by atoms with Crippen molar-refractivity contribution in [2.75, 3.05) is 11.9 Å². The van der Waals surface area contributed by atoms with Gasteiger partial charge >= 0.3 is 0 Å². The Kier molecular flexibility index (Phi) is 3.76. The van der Waals surface area contributed by atoms with Crippen molar-refractivity contribution in [1.82, 2.24) is 29.1 Å². The van der Waals surface area contributed by atoms with E-state index >= 15 is 0 Å². The highest BCUT2D eigenvalue weighted by Crippen LogP contribution is 2.26. The van der Waals surface area contributed by atoms with Crippen LogP contribution in [0.3, 0.4) is 0 Å². The number of anilines is 1. The smallest absolute Gasteiger partial charge is 0.159 e. The summed E-state index contributed by atoms with van der Waals surface area (Å²) in [5.41, 5.74) is 1.09.